The van der Waals surface area contributed by atoms with Crippen molar-refractivity contribution < 1.29 is 0 Å². The van der Waals surface area contributed by atoms with Gasteiger partial charge < -0.3 is 9.88 Å². The third-order valence-corrected chi connectivity index (χ3v) is 2.67. The quantitative estimate of drug-likeness (QED) is 0.874. The number of nitriles is 1. The van der Waals surface area contributed by atoms with E-state index in [1.807, 2.05) is 42.9 Å². The van der Waals surface area contributed by atoms with Crippen LogP contribution in [0.4, 0.5) is 5.69 Å². The zero-order valence-corrected chi connectivity index (χ0v) is 9.88. The van der Waals surface area contributed by atoms with Gasteiger partial charge in [-0.1, -0.05) is 12.1 Å². The molecule has 0 saturated carbocycles. The Morgan fingerprint density at radius 1 is 1.41 bits per heavy atom. The lowest BCUT2D eigenvalue weighted by Crippen LogP contribution is -2.12. The van der Waals surface area contributed by atoms with Gasteiger partial charge in [0.15, 0.2) is 0 Å². The number of nitrogens with one attached hydrogen (secondary N) is 1. The maximum absolute atomic E-state index is 9.01. The van der Waals surface area contributed by atoms with Crippen LogP contribution in [0.25, 0.3) is 0 Å². The third-order valence-electron chi connectivity index (χ3n) is 2.67. The molecule has 2 rings (SSSR count). The van der Waals surface area contributed by atoms with Crippen LogP contribution < -0.4 is 5.32 Å². The van der Waals surface area contributed by atoms with Gasteiger partial charge in [-0.3, -0.25) is 0 Å². The summed E-state index contributed by atoms with van der Waals surface area (Å²) in [6.45, 7) is 2.02. The Labute approximate surface area is 101 Å². The van der Waals surface area contributed by atoms with Crippen molar-refractivity contribution in [2.24, 2.45) is 7.05 Å². The average molecular weight is 226 g/mol. The number of aryl methyl sites for hydroxylation is 1. The van der Waals surface area contributed by atoms with Gasteiger partial charge in [0.25, 0.3) is 0 Å². The lowest BCUT2D eigenvalue weighted by Gasteiger charge is -2.15. The Bertz CT molecular complexity index is 551. The highest BCUT2D eigenvalue weighted by atomic mass is 15.1. The molecule has 4 heteroatoms. The Balaban J connectivity index is 2.22. The Hall–Kier alpha value is -2.28. The number of hydrogen-bond donors (Lipinski definition) is 1. The first kappa shape index (κ1) is 11.2. The molecule has 4 nitrogen and oxygen atoms in total. The highest BCUT2D eigenvalue weighted by Gasteiger charge is 2.11. The summed E-state index contributed by atoms with van der Waals surface area (Å²) < 4.78 is 1.96. The zero-order chi connectivity index (χ0) is 12.3. The standard InChI is InChI=1S/C13H14N4/c1-10(13-15-7-8-17(13)2)16-12-6-4-3-5-11(12)9-14/h3-8,10,16H,1-2H3. The van der Waals surface area contributed by atoms with Crippen molar-refractivity contribution in [1.29, 1.82) is 5.26 Å². The van der Waals surface area contributed by atoms with Crippen LogP contribution in [0, 0.1) is 11.3 Å². The minimum atomic E-state index is 0.0597. The zero-order valence-electron chi connectivity index (χ0n) is 9.88. The van der Waals surface area contributed by atoms with Crippen LogP contribution >= 0.6 is 0 Å². The first-order chi connectivity index (χ1) is 8.22. The summed E-state index contributed by atoms with van der Waals surface area (Å²) in [5, 5.41) is 12.3. The van der Waals surface area contributed by atoms with Gasteiger partial charge in [-0.25, -0.2) is 4.98 Å². The molecule has 0 bridgehead atoms. The fourth-order valence-corrected chi connectivity index (χ4v) is 1.80. The predicted molar refractivity (Wildman–Crippen MR) is 66.4 cm³/mol. The SMILES string of the molecule is CC(Nc1ccccc1C#N)c1nccn1C. The summed E-state index contributed by atoms with van der Waals surface area (Å²) in [5.74, 6) is 0.942. The van der Waals surface area contributed by atoms with E-state index in [1.165, 1.54) is 0 Å². The predicted octanol–water partition coefficient (Wildman–Crippen LogP) is 2.46. The van der Waals surface area contributed by atoms with Crippen LogP contribution in [0.15, 0.2) is 36.7 Å². The van der Waals surface area contributed by atoms with Crippen molar-refractivity contribution in [3.8, 4) is 6.07 Å². The van der Waals surface area contributed by atoms with Gasteiger partial charge in [0, 0.05) is 19.4 Å². The molecule has 86 valence electrons. The molecule has 2 aromatic rings. The maximum Gasteiger partial charge on any atom is 0.130 e. The minimum Gasteiger partial charge on any atom is -0.374 e. The first-order valence-corrected chi connectivity index (χ1v) is 5.45. The van der Waals surface area contributed by atoms with E-state index in [0.29, 0.717) is 5.56 Å². The average Bonchev–Trinajstić information content (AvgIpc) is 2.76. The summed E-state index contributed by atoms with van der Waals surface area (Å²) in [6, 6.07) is 9.70. The van der Waals surface area contributed by atoms with E-state index in [4.69, 9.17) is 5.26 Å². The van der Waals surface area contributed by atoms with Crippen molar-refractivity contribution in [3.63, 3.8) is 0 Å². The normalized spacial score (nSPS) is 11.8. The van der Waals surface area contributed by atoms with E-state index >= 15 is 0 Å². The molecule has 0 aliphatic rings. The van der Waals surface area contributed by atoms with Crippen molar-refractivity contribution in [3.05, 3.63) is 48.0 Å². The van der Waals surface area contributed by atoms with Crippen LogP contribution in [-0.2, 0) is 7.05 Å². The molecule has 17 heavy (non-hydrogen) atoms. The van der Waals surface area contributed by atoms with Crippen molar-refractivity contribution in [2.75, 3.05) is 5.32 Å². The van der Waals surface area contributed by atoms with E-state index in [9.17, 15) is 0 Å². The van der Waals surface area contributed by atoms with Crippen LogP contribution in [0.3, 0.4) is 0 Å². The topological polar surface area (TPSA) is 53.6 Å². The third kappa shape index (κ3) is 2.28. The van der Waals surface area contributed by atoms with Gasteiger partial charge >= 0.3 is 0 Å². The van der Waals surface area contributed by atoms with Gasteiger partial charge in [-0.2, -0.15) is 5.26 Å². The second-order valence-corrected chi connectivity index (χ2v) is 3.92. The minimum absolute atomic E-state index is 0.0597. The fraction of sp³-hybridized carbons (Fsp3) is 0.231. The van der Waals surface area contributed by atoms with Crippen molar-refractivity contribution in [1.82, 2.24) is 9.55 Å². The highest BCUT2D eigenvalue weighted by Crippen LogP contribution is 2.20. The molecule has 1 unspecified atom stereocenters. The van der Waals surface area contributed by atoms with Crippen molar-refractivity contribution in [2.45, 2.75) is 13.0 Å². The fourth-order valence-electron chi connectivity index (χ4n) is 1.80. The molecule has 1 aromatic carbocycles. The van der Waals surface area contributed by atoms with Crippen molar-refractivity contribution >= 4 is 5.69 Å². The lowest BCUT2D eigenvalue weighted by molar-refractivity contribution is 0.721. The van der Waals surface area contributed by atoms with E-state index in [1.54, 1.807) is 12.3 Å². The van der Waals surface area contributed by atoms with Crippen LogP contribution in [0.2, 0.25) is 0 Å². The molecule has 0 saturated heterocycles. The number of imidazole rings is 1. The molecule has 1 heterocycles. The molecule has 0 aliphatic carbocycles. The van der Waals surface area contributed by atoms with Gasteiger partial charge in [0.05, 0.1) is 17.3 Å². The van der Waals surface area contributed by atoms with Crippen LogP contribution in [0.1, 0.15) is 24.4 Å². The molecule has 0 amide bonds. The molecule has 1 atom stereocenters. The van der Waals surface area contributed by atoms with Gasteiger partial charge in [0.1, 0.15) is 11.9 Å². The molecule has 0 radical (unpaired) electrons. The summed E-state index contributed by atoms with van der Waals surface area (Å²) in [4.78, 5) is 4.28. The maximum atomic E-state index is 9.01. The molecule has 1 N–H and O–H groups in total. The van der Waals surface area contributed by atoms with Crippen LogP contribution in [-0.4, -0.2) is 9.55 Å². The number of para-hydroxylation sites is 1. The number of aromatic nitrogens is 2. The van der Waals surface area contributed by atoms with Gasteiger partial charge in [-0.05, 0) is 19.1 Å². The Morgan fingerprint density at radius 3 is 2.82 bits per heavy atom. The number of nitrogens with zero attached hydrogens (tertiary/aromatic N) is 3. The monoisotopic (exact) mass is 226 g/mol. The highest BCUT2D eigenvalue weighted by molar-refractivity contribution is 5.57. The molecular formula is C13H14N4. The summed E-state index contributed by atoms with van der Waals surface area (Å²) >= 11 is 0. The molecule has 0 spiro atoms. The smallest absolute Gasteiger partial charge is 0.130 e. The van der Waals surface area contributed by atoms with E-state index < -0.39 is 0 Å². The number of rotatable bonds is 3. The molecular weight excluding hydrogens is 212 g/mol. The summed E-state index contributed by atoms with van der Waals surface area (Å²) in [5.41, 5.74) is 1.49. The molecule has 1 aromatic heterocycles. The largest absolute Gasteiger partial charge is 0.374 e. The first-order valence-electron chi connectivity index (χ1n) is 5.45. The second kappa shape index (κ2) is 4.71. The molecule has 0 aliphatic heterocycles. The Kier molecular flexibility index (Phi) is 3.10. The van der Waals surface area contributed by atoms with E-state index in [0.717, 1.165) is 11.5 Å². The van der Waals surface area contributed by atoms with E-state index in [2.05, 4.69) is 16.4 Å². The van der Waals surface area contributed by atoms with E-state index in [-0.39, 0.29) is 6.04 Å². The number of benzene rings is 1. The van der Waals surface area contributed by atoms with Gasteiger partial charge in [-0.15, -0.1) is 0 Å². The molecule has 0 fully saturated rings. The lowest BCUT2D eigenvalue weighted by atomic mass is 10.1. The van der Waals surface area contributed by atoms with Gasteiger partial charge in [0.2, 0.25) is 0 Å². The summed E-state index contributed by atoms with van der Waals surface area (Å²) in [7, 11) is 1.96. The number of anilines is 1. The Morgan fingerprint density at radius 2 is 2.18 bits per heavy atom. The summed E-state index contributed by atoms with van der Waals surface area (Å²) in [6.07, 6.45) is 3.67. The van der Waals surface area contributed by atoms with Crippen LogP contribution in [0.5, 0.6) is 0 Å². The number of hydrogen-bond acceptors (Lipinski definition) is 3. The second-order valence-electron chi connectivity index (χ2n) is 3.92.